The highest BCUT2D eigenvalue weighted by Gasteiger charge is 2.40. The first kappa shape index (κ1) is 27.9. The van der Waals surface area contributed by atoms with Crippen molar-refractivity contribution in [2.24, 2.45) is 7.05 Å². The van der Waals surface area contributed by atoms with Crippen LogP contribution in [-0.2, 0) is 18.9 Å². The molecule has 1 saturated heterocycles. The van der Waals surface area contributed by atoms with E-state index in [-0.39, 0.29) is 11.8 Å². The number of hydrogen-bond donors (Lipinski definition) is 1. The third-order valence-electron chi connectivity index (χ3n) is 8.91. The van der Waals surface area contributed by atoms with Crippen LogP contribution in [0.2, 0.25) is 0 Å². The molecule has 40 heavy (non-hydrogen) atoms. The molecule has 5 rings (SSSR count). The van der Waals surface area contributed by atoms with Crippen molar-refractivity contribution in [3.05, 3.63) is 112 Å². The van der Waals surface area contributed by atoms with Crippen LogP contribution in [0.1, 0.15) is 85.5 Å². The smallest absolute Gasteiger partial charge is 0.259 e. The number of nitrogens with one attached hydrogen (secondary N) is 1. The van der Waals surface area contributed by atoms with E-state index in [1.807, 2.05) is 36.0 Å². The van der Waals surface area contributed by atoms with Crippen molar-refractivity contribution in [2.75, 3.05) is 13.1 Å². The van der Waals surface area contributed by atoms with Crippen LogP contribution in [-0.4, -0.2) is 28.5 Å². The summed E-state index contributed by atoms with van der Waals surface area (Å²) in [4.78, 5) is 15.1. The van der Waals surface area contributed by atoms with Crippen LogP contribution in [0, 0.1) is 11.6 Å². The molecule has 1 amide bonds. The Balaban J connectivity index is 1.39. The number of rotatable bonds is 6. The Hall–Kier alpha value is -3.63. The monoisotopic (exact) mass is 543 g/mol. The molecule has 0 radical (unpaired) electrons. The number of fused-ring (bicyclic) bond motifs is 1. The third kappa shape index (κ3) is 5.64. The van der Waals surface area contributed by atoms with E-state index >= 15 is 4.39 Å². The number of amides is 1. The molecule has 3 heterocycles. The lowest BCUT2D eigenvalue weighted by atomic mass is 9.67. The number of allylic oxidation sites excluding steroid dienone is 7. The van der Waals surface area contributed by atoms with Crippen LogP contribution in [0.25, 0.3) is 0 Å². The quantitative estimate of drug-likeness (QED) is 0.387. The highest BCUT2D eigenvalue weighted by atomic mass is 19.1. The summed E-state index contributed by atoms with van der Waals surface area (Å²) in [5.41, 5.74) is 7.17. The minimum atomic E-state index is -0.523. The van der Waals surface area contributed by atoms with Gasteiger partial charge in [-0.25, -0.2) is 8.78 Å². The van der Waals surface area contributed by atoms with Crippen molar-refractivity contribution in [2.45, 2.75) is 70.1 Å². The average Bonchev–Trinajstić information content (AvgIpc) is 3.27. The summed E-state index contributed by atoms with van der Waals surface area (Å²) in [6.45, 7) is 5.48. The van der Waals surface area contributed by atoms with Gasteiger partial charge in [0.15, 0.2) is 5.82 Å². The summed E-state index contributed by atoms with van der Waals surface area (Å²) in [6, 6.07) is 4.45. The summed E-state index contributed by atoms with van der Waals surface area (Å²) in [5.74, 6) is -0.472. The lowest BCUT2D eigenvalue weighted by Gasteiger charge is -2.44. The first-order valence-corrected chi connectivity index (χ1v) is 14.5. The van der Waals surface area contributed by atoms with E-state index in [4.69, 9.17) is 0 Å². The van der Waals surface area contributed by atoms with Gasteiger partial charge >= 0.3 is 0 Å². The van der Waals surface area contributed by atoms with Crippen molar-refractivity contribution in [1.82, 2.24) is 14.8 Å². The van der Waals surface area contributed by atoms with E-state index in [1.165, 1.54) is 5.57 Å². The lowest BCUT2D eigenvalue weighted by Crippen LogP contribution is -2.46. The number of likely N-dealkylation sites (tertiary alicyclic amines) is 1. The summed E-state index contributed by atoms with van der Waals surface area (Å²) in [6.07, 6.45) is 20.0. The van der Waals surface area contributed by atoms with Gasteiger partial charge in [0, 0.05) is 49.9 Å². The van der Waals surface area contributed by atoms with E-state index in [9.17, 15) is 9.18 Å². The molecular formula is C34H39F2N3O. The molecule has 1 atom stereocenters. The molecule has 1 aromatic carbocycles. The Morgan fingerprint density at radius 3 is 2.73 bits per heavy atom. The number of benzene rings is 1. The van der Waals surface area contributed by atoms with Gasteiger partial charge in [-0.3, -0.25) is 4.79 Å². The van der Waals surface area contributed by atoms with Crippen molar-refractivity contribution in [1.29, 1.82) is 0 Å². The maximum atomic E-state index is 15.8. The molecule has 3 aliphatic rings. The van der Waals surface area contributed by atoms with Crippen molar-refractivity contribution in [3.63, 3.8) is 0 Å². The molecule has 4 nitrogen and oxygen atoms in total. The number of aromatic nitrogens is 1. The van der Waals surface area contributed by atoms with Gasteiger partial charge in [0.2, 0.25) is 0 Å². The molecule has 2 aliphatic heterocycles. The fourth-order valence-corrected chi connectivity index (χ4v) is 6.53. The van der Waals surface area contributed by atoms with E-state index in [2.05, 4.69) is 54.1 Å². The molecule has 1 aromatic heterocycles. The maximum absolute atomic E-state index is 15.8. The summed E-state index contributed by atoms with van der Waals surface area (Å²) in [7, 11) is 1.94. The minimum Gasteiger partial charge on any atom is -0.353 e. The van der Waals surface area contributed by atoms with E-state index in [0.29, 0.717) is 49.3 Å². The fraction of sp³-hybridized carbons (Fsp3) is 0.412. The molecule has 0 spiro atoms. The molecule has 6 heteroatoms. The predicted octanol–water partition coefficient (Wildman–Crippen LogP) is 7.36. The van der Waals surface area contributed by atoms with Gasteiger partial charge in [0.05, 0.1) is 5.56 Å². The normalized spacial score (nSPS) is 22.4. The number of carbonyl (C=O) groups is 1. The standard InChI is InChI=1S/C34H39F2N3O/c1-4-34(16-19-39(20-17-34)31-14-10-13-30-27(33(40)37-31)15-18-38(30)3)32-28(22-26(35)23-29(32)36)24(2)21-25-11-8-6-5-7-9-12-25/h5-6,8,10-12,15,18,22-24H,4,7,9,13,16-17,19-21H2,1-3H3,(H,37,40)/b6-5+,11-8-,25-12+. The molecular weight excluding hydrogens is 504 g/mol. The van der Waals surface area contributed by atoms with Gasteiger partial charge in [-0.05, 0) is 73.8 Å². The van der Waals surface area contributed by atoms with Gasteiger partial charge < -0.3 is 14.8 Å². The Bertz CT molecular complexity index is 1430. The lowest BCUT2D eigenvalue weighted by molar-refractivity contribution is 0.0938. The highest BCUT2D eigenvalue weighted by molar-refractivity contribution is 5.96. The van der Waals surface area contributed by atoms with Gasteiger partial charge in [0.1, 0.15) is 11.6 Å². The Labute approximate surface area is 236 Å². The SMILES string of the molecule is CCC1(c2c(F)cc(F)cc2C(C)CC2=C/CC/C=C/C=C\2)CCN(C2=C=CCc3c(ccn3C)C(=O)N2)CC1. The molecule has 1 unspecified atom stereocenters. The first-order chi connectivity index (χ1) is 19.3. The molecule has 1 fully saturated rings. The maximum Gasteiger partial charge on any atom is 0.259 e. The number of nitrogens with zero attached hydrogens (tertiary/aromatic N) is 2. The van der Waals surface area contributed by atoms with Gasteiger partial charge in [0.25, 0.3) is 5.91 Å². The number of piperidine rings is 1. The molecule has 1 N–H and O–H groups in total. The van der Waals surface area contributed by atoms with Crippen LogP contribution in [0.3, 0.4) is 0 Å². The first-order valence-electron chi connectivity index (χ1n) is 14.5. The molecule has 1 aliphatic carbocycles. The van der Waals surface area contributed by atoms with Gasteiger partial charge in [-0.1, -0.05) is 55.5 Å². The molecule has 210 valence electrons. The van der Waals surface area contributed by atoms with E-state index < -0.39 is 17.0 Å². The Morgan fingerprint density at radius 1 is 1.15 bits per heavy atom. The predicted molar refractivity (Wildman–Crippen MR) is 156 cm³/mol. The Morgan fingerprint density at radius 2 is 1.95 bits per heavy atom. The largest absolute Gasteiger partial charge is 0.353 e. The third-order valence-corrected chi connectivity index (χ3v) is 8.91. The van der Waals surface area contributed by atoms with Crippen LogP contribution < -0.4 is 5.32 Å². The van der Waals surface area contributed by atoms with Crippen LogP contribution in [0.5, 0.6) is 0 Å². The summed E-state index contributed by atoms with van der Waals surface area (Å²) >= 11 is 0. The van der Waals surface area contributed by atoms with Crippen molar-refractivity contribution >= 4 is 5.91 Å². The number of carbonyl (C=O) groups excluding carboxylic acids is 1. The molecule has 0 bridgehead atoms. The summed E-state index contributed by atoms with van der Waals surface area (Å²) < 4.78 is 32.4. The number of aryl methyl sites for hydroxylation is 1. The van der Waals surface area contributed by atoms with Gasteiger partial charge in [-0.2, -0.15) is 0 Å². The highest BCUT2D eigenvalue weighted by Crippen LogP contribution is 2.45. The van der Waals surface area contributed by atoms with Crippen molar-refractivity contribution < 1.29 is 13.6 Å². The molecule has 2 aromatic rings. The van der Waals surface area contributed by atoms with Crippen molar-refractivity contribution in [3.8, 4) is 0 Å². The van der Waals surface area contributed by atoms with Crippen LogP contribution in [0.4, 0.5) is 8.78 Å². The Kier molecular flexibility index (Phi) is 8.27. The average molecular weight is 544 g/mol. The molecule has 0 saturated carbocycles. The fourth-order valence-electron chi connectivity index (χ4n) is 6.53. The zero-order valence-electron chi connectivity index (χ0n) is 23.8. The number of hydrogen-bond acceptors (Lipinski definition) is 2. The van der Waals surface area contributed by atoms with E-state index in [0.717, 1.165) is 43.0 Å². The van der Waals surface area contributed by atoms with Crippen LogP contribution in [0.15, 0.2) is 78.0 Å². The van der Waals surface area contributed by atoms with E-state index in [1.54, 1.807) is 6.07 Å². The van der Waals surface area contributed by atoms with Crippen LogP contribution >= 0.6 is 0 Å². The van der Waals surface area contributed by atoms with Gasteiger partial charge in [-0.15, -0.1) is 0 Å². The zero-order valence-corrected chi connectivity index (χ0v) is 23.8. The zero-order chi connectivity index (χ0) is 28.3. The minimum absolute atomic E-state index is 0.0310. The second-order valence-corrected chi connectivity index (χ2v) is 11.4. The number of halogens is 2. The second kappa shape index (κ2) is 11.9. The second-order valence-electron chi connectivity index (χ2n) is 11.4. The summed E-state index contributed by atoms with van der Waals surface area (Å²) in [5, 5.41) is 3.05. The topological polar surface area (TPSA) is 37.3 Å².